The molecule has 14 heteroatoms. The van der Waals surface area contributed by atoms with Crippen LogP contribution in [0.25, 0.3) is 32.4 Å². The van der Waals surface area contributed by atoms with Crippen LogP contribution in [-0.2, 0) is 10.1 Å². The third kappa shape index (κ3) is 5.16. The van der Waals surface area contributed by atoms with Crippen molar-refractivity contribution in [3.63, 3.8) is 0 Å². The van der Waals surface area contributed by atoms with Gasteiger partial charge in [-0.15, -0.1) is 0 Å². The number of fused-ring (bicyclic) bond motifs is 1. The number of carboxylic acids is 1. The smallest absolute Gasteiger partial charge is 0.365 e. The molecule has 0 N–H and O–H groups in total. The standard InChI is InChI=1S/C24H19N5O7S2.CH4/c1-13-4-7-16(21(10-13)38(32,33)34)22-26-28(14-5-9-19(36-3)17(11-14)23(30)31)29(27-22)24-25-18-8-6-15(35-2)12-20(18)37-24;/h4-12H,1-3H3,(H-,30,31,32,33,34);1H4/p-1. The third-order valence-corrected chi connectivity index (χ3v) is 7.46. The van der Waals surface area contributed by atoms with Crippen molar-refractivity contribution in [2.24, 2.45) is 0 Å². The number of nitrogens with zero attached hydrogens (tertiary/aromatic N) is 5. The molecule has 0 amide bonds. The number of aromatic nitrogens is 5. The SMILES string of the molecule is C.COc1ccc2nc(-[n+]3nc(-c4ccc(C)cc4S(=O)(=O)[O-])nn3-c3ccc(OC)c(C(=O)[O-])c3)sc2c1. The van der Waals surface area contributed by atoms with E-state index >= 15 is 0 Å². The van der Waals surface area contributed by atoms with E-state index in [9.17, 15) is 22.9 Å². The van der Waals surface area contributed by atoms with Gasteiger partial charge in [0.1, 0.15) is 27.3 Å². The first-order valence-corrected chi connectivity index (χ1v) is 13.1. The van der Waals surface area contributed by atoms with Gasteiger partial charge in [0, 0.05) is 16.7 Å². The number of carbonyl (C=O) groups excluding carboxylic acids is 1. The molecule has 0 unspecified atom stereocenters. The average Bonchev–Trinajstić information content (AvgIpc) is 3.51. The molecule has 5 aromatic rings. The number of carboxylic acid groups (broad SMARTS) is 1. The first kappa shape index (κ1) is 27.6. The monoisotopic (exact) mass is 568 g/mol. The minimum atomic E-state index is -4.87. The van der Waals surface area contributed by atoms with Gasteiger partial charge in [0.05, 0.1) is 35.3 Å². The zero-order valence-corrected chi connectivity index (χ0v) is 21.7. The number of tetrazole rings is 1. The molecule has 2 aromatic heterocycles. The number of carbonyl (C=O) groups is 1. The zero-order chi connectivity index (χ0) is 27.2. The number of hydrogen-bond acceptors (Lipinski definition) is 11. The van der Waals surface area contributed by atoms with Gasteiger partial charge in [-0.25, -0.2) is 8.42 Å². The Labute approximate surface area is 227 Å². The van der Waals surface area contributed by atoms with Gasteiger partial charge < -0.3 is 23.9 Å². The number of ether oxygens (including phenoxy) is 2. The van der Waals surface area contributed by atoms with Crippen LogP contribution in [0.4, 0.5) is 0 Å². The minimum Gasteiger partial charge on any atom is -0.744 e. The molecule has 202 valence electrons. The van der Waals surface area contributed by atoms with E-state index in [1.165, 1.54) is 58.4 Å². The van der Waals surface area contributed by atoms with Crippen LogP contribution in [0.1, 0.15) is 23.3 Å². The lowest BCUT2D eigenvalue weighted by Gasteiger charge is -2.10. The molecule has 2 heterocycles. The molecule has 12 nitrogen and oxygen atoms in total. The highest BCUT2D eigenvalue weighted by atomic mass is 32.2. The Morgan fingerprint density at radius 2 is 1.82 bits per heavy atom. The number of hydrogen-bond donors (Lipinski definition) is 0. The summed E-state index contributed by atoms with van der Waals surface area (Å²) in [5.41, 5.74) is 1.18. The quantitative estimate of drug-likeness (QED) is 0.210. The molecular weight excluding hydrogens is 546 g/mol. The van der Waals surface area contributed by atoms with Gasteiger partial charge in [-0.3, -0.25) is 0 Å². The third-order valence-electron chi connectivity index (χ3n) is 5.60. The Hall–Kier alpha value is -4.40. The van der Waals surface area contributed by atoms with Gasteiger partial charge in [0.15, 0.2) is 5.52 Å². The van der Waals surface area contributed by atoms with Gasteiger partial charge in [-0.1, -0.05) is 29.8 Å². The Balaban J connectivity index is 0.00000353. The average molecular weight is 569 g/mol. The van der Waals surface area contributed by atoms with E-state index in [1.807, 2.05) is 0 Å². The van der Waals surface area contributed by atoms with E-state index in [-0.39, 0.29) is 35.8 Å². The predicted molar refractivity (Wildman–Crippen MR) is 138 cm³/mol. The molecule has 0 aliphatic carbocycles. The zero-order valence-electron chi connectivity index (χ0n) is 20.1. The highest BCUT2D eigenvalue weighted by Crippen LogP contribution is 2.29. The fourth-order valence-corrected chi connectivity index (χ4v) is 5.48. The van der Waals surface area contributed by atoms with Crippen LogP contribution in [0.15, 0.2) is 59.5 Å². The number of methoxy groups -OCH3 is 2. The van der Waals surface area contributed by atoms with Crippen molar-refractivity contribution in [2.45, 2.75) is 19.2 Å². The van der Waals surface area contributed by atoms with Crippen LogP contribution in [-0.4, -0.2) is 53.1 Å². The van der Waals surface area contributed by atoms with Gasteiger partial charge >= 0.3 is 5.13 Å². The van der Waals surface area contributed by atoms with E-state index in [2.05, 4.69) is 15.2 Å². The molecule has 0 saturated carbocycles. The molecule has 3 aromatic carbocycles. The normalized spacial score (nSPS) is 11.3. The van der Waals surface area contributed by atoms with E-state index < -0.39 is 21.0 Å². The fraction of sp³-hybridized carbons (Fsp3) is 0.160. The molecular formula is C25H22N5O7S2-. The molecule has 0 fully saturated rings. The highest BCUT2D eigenvalue weighted by Gasteiger charge is 2.27. The maximum Gasteiger partial charge on any atom is 0.365 e. The molecule has 39 heavy (non-hydrogen) atoms. The van der Waals surface area contributed by atoms with Crippen LogP contribution < -0.4 is 19.4 Å². The largest absolute Gasteiger partial charge is 0.744 e. The summed E-state index contributed by atoms with van der Waals surface area (Å²) in [6.07, 6.45) is 0. The molecule has 0 atom stereocenters. The van der Waals surface area contributed by atoms with Crippen molar-refractivity contribution in [1.82, 2.24) is 20.0 Å². The van der Waals surface area contributed by atoms with E-state index in [0.29, 0.717) is 22.0 Å². The van der Waals surface area contributed by atoms with Crippen molar-refractivity contribution in [1.29, 1.82) is 0 Å². The topological polar surface area (TPSA) is 163 Å². The van der Waals surface area contributed by atoms with E-state index in [1.54, 1.807) is 38.3 Å². The number of benzene rings is 3. The van der Waals surface area contributed by atoms with E-state index in [0.717, 1.165) is 4.70 Å². The van der Waals surface area contributed by atoms with Crippen LogP contribution in [0, 0.1) is 6.92 Å². The maximum absolute atomic E-state index is 12.0. The van der Waals surface area contributed by atoms with Crippen LogP contribution in [0.3, 0.4) is 0 Å². The number of aromatic carboxylic acids is 1. The minimum absolute atomic E-state index is 0. The first-order chi connectivity index (χ1) is 18.1. The van der Waals surface area contributed by atoms with Gasteiger partial charge in [0.25, 0.3) is 5.82 Å². The predicted octanol–water partition coefficient (Wildman–Crippen LogP) is 2.05. The lowest BCUT2D eigenvalue weighted by Crippen LogP contribution is -2.43. The van der Waals surface area contributed by atoms with Gasteiger partial charge in [-0.05, 0) is 69.6 Å². The van der Waals surface area contributed by atoms with Crippen LogP contribution in [0.5, 0.6) is 11.5 Å². The molecule has 0 spiro atoms. The lowest BCUT2D eigenvalue weighted by atomic mass is 10.1. The van der Waals surface area contributed by atoms with Gasteiger partial charge in [-0.2, -0.15) is 0 Å². The summed E-state index contributed by atoms with van der Waals surface area (Å²) < 4.78 is 47.3. The van der Waals surface area contributed by atoms with Crippen molar-refractivity contribution in [3.8, 4) is 33.7 Å². The van der Waals surface area contributed by atoms with Crippen molar-refractivity contribution >= 4 is 37.6 Å². The Morgan fingerprint density at radius 3 is 2.49 bits per heavy atom. The molecule has 0 aliphatic heterocycles. The maximum atomic E-state index is 12.0. The van der Waals surface area contributed by atoms with Crippen LogP contribution in [0.2, 0.25) is 0 Å². The summed E-state index contributed by atoms with van der Waals surface area (Å²) in [5.74, 6) is -0.868. The summed E-state index contributed by atoms with van der Waals surface area (Å²) in [4.78, 5) is 18.4. The first-order valence-electron chi connectivity index (χ1n) is 10.9. The lowest BCUT2D eigenvalue weighted by molar-refractivity contribution is -0.734. The highest BCUT2D eigenvalue weighted by molar-refractivity contribution is 7.85. The number of thiazole rings is 1. The Morgan fingerprint density at radius 1 is 1.05 bits per heavy atom. The summed E-state index contributed by atoms with van der Waals surface area (Å²) in [7, 11) is -2.00. The van der Waals surface area contributed by atoms with Crippen molar-refractivity contribution < 1.29 is 37.1 Å². The molecule has 0 aliphatic rings. The molecule has 0 bridgehead atoms. The molecule has 0 saturated heterocycles. The van der Waals surface area contributed by atoms with E-state index in [4.69, 9.17) is 9.47 Å². The molecule has 0 radical (unpaired) electrons. The molecule has 5 rings (SSSR count). The van der Waals surface area contributed by atoms with Gasteiger partial charge in [0.2, 0.25) is 0 Å². The summed E-state index contributed by atoms with van der Waals surface area (Å²) >= 11 is 1.24. The summed E-state index contributed by atoms with van der Waals surface area (Å²) in [6.45, 7) is 1.65. The number of aryl methyl sites for hydroxylation is 1. The fourth-order valence-electron chi connectivity index (χ4n) is 3.79. The van der Waals surface area contributed by atoms with Crippen molar-refractivity contribution in [2.75, 3.05) is 14.2 Å². The second-order valence-corrected chi connectivity index (χ2v) is 10.4. The Bertz CT molecular complexity index is 1830. The van der Waals surface area contributed by atoms with Crippen LogP contribution >= 0.6 is 11.3 Å². The second-order valence-electron chi connectivity index (χ2n) is 8.06. The van der Waals surface area contributed by atoms with Crippen molar-refractivity contribution in [3.05, 3.63) is 65.7 Å². The summed E-state index contributed by atoms with van der Waals surface area (Å²) in [5, 5.41) is 21.0. The second kappa shape index (κ2) is 10.4. The number of rotatable bonds is 7. The Kier molecular flexibility index (Phi) is 7.37. The summed E-state index contributed by atoms with van der Waals surface area (Å²) in [6, 6.07) is 13.9.